The first-order valence-corrected chi connectivity index (χ1v) is 3.76. The van der Waals surface area contributed by atoms with Crippen molar-refractivity contribution in [2.75, 3.05) is 0 Å². The second-order valence-corrected chi connectivity index (χ2v) is 2.54. The average molecular weight is 210 g/mol. The molecule has 1 rings (SSSR count). The number of allylic oxidation sites excluding steroid dienone is 1. The van der Waals surface area contributed by atoms with E-state index in [9.17, 15) is 18.9 Å². The minimum Gasteiger partial charge on any atom is -0.258 e. The van der Waals surface area contributed by atoms with Gasteiger partial charge < -0.3 is 0 Å². The molecule has 0 aliphatic carbocycles. The molecule has 1 aromatic carbocycles. The summed E-state index contributed by atoms with van der Waals surface area (Å²) in [4.78, 5) is 9.35. The molecular formula is C9H4F2N2O2. The number of hydrogen-bond acceptors (Lipinski definition) is 3. The Kier molecular flexibility index (Phi) is 3.08. The zero-order valence-corrected chi connectivity index (χ0v) is 7.28. The van der Waals surface area contributed by atoms with Gasteiger partial charge in [-0.15, -0.1) is 0 Å². The number of nitriles is 1. The maximum atomic E-state index is 13.0. The minimum atomic E-state index is -1.24. The lowest BCUT2D eigenvalue weighted by molar-refractivity contribution is -0.387. The van der Waals surface area contributed by atoms with Gasteiger partial charge >= 0.3 is 5.69 Å². The van der Waals surface area contributed by atoms with Crippen molar-refractivity contribution in [3.05, 3.63) is 45.5 Å². The van der Waals surface area contributed by atoms with Crippen molar-refractivity contribution in [2.24, 2.45) is 0 Å². The van der Waals surface area contributed by atoms with Crippen molar-refractivity contribution in [3.8, 4) is 6.07 Å². The van der Waals surface area contributed by atoms with Gasteiger partial charge in [0.15, 0.2) is 0 Å². The Morgan fingerprint density at radius 1 is 1.40 bits per heavy atom. The largest absolute Gasteiger partial charge is 0.305 e. The highest BCUT2D eigenvalue weighted by molar-refractivity contribution is 5.56. The van der Waals surface area contributed by atoms with Crippen LogP contribution in [0.4, 0.5) is 14.5 Å². The maximum absolute atomic E-state index is 13.0. The number of nitro groups is 1. The monoisotopic (exact) mass is 210 g/mol. The van der Waals surface area contributed by atoms with Gasteiger partial charge in [0.25, 0.3) is 0 Å². The summed E-state index contributed by atoms with van der Waals surface area (Å²) in [6, 6.07) is 2.74. The molecule has 1 aromatic rings. The van der Waals surface area contributed by atoms with Gasteiger partial charge in [0, 0.05) is 23.8 Å². The molecule has 6 heteroatoms. The molecule has 0 saturated heterocycles. The van der Waals surface area contributed by atoms with Crippen LogP contribution in [0.1, 0.15) is 5.56 Å². The van der Waals surface area contributed by atoms with Crippen LogP contribution in [0.3, 0.4) is 0 Å². The predicted molar refractivity (Wildman–Crippen MR) is 47.7 cm³/mol. The number of nitrogens with zero attached hydrogens (tertiary/aromatic N) is 2. The van der Waals surface area contributed by atoms with Crippen LogP contribution in [0, 0.1) is 33.1 Å². The van der Waals surface area contributed by atoms with Gasteiger partial charge in [0.1, 0.15) is 5.82 Å². The van der Waals surface area contributed by atoms with Gasteiger partial charge in [0.05, 0.1) is 11.0 Å². The second-order valence-electron chi connectivity index (χ2n) is 2.54. The van der Waals surface area contributed by atoms with E-state index < -0.39 is 22.2 Å². The Balaban J connectivity index is 3.31. The summed E-state index contributed by atoms with van der Waals surface area (Å²) < 4.78 is 25.8. The van der Waals surface area contributed by atoms with E-state index in [-0.39, 0.29) is 5.56 Å². The summed E-state index contributed by atoms with van der Waals surface area (Å²) >= 11 is 0. The lowest BCUT2D eigenvalue weighted by Gasteiger charge is -1.98. The van der Waals surface area contributed by atoms with Gasteiger partial charge in [-0.2, -0.15) is 9.65 Å². The third-order valence-electron chi connectivity index (χ3n) is 1.60. The van der Waals surface area contributed by atoms with Gasteiger partial charge in [-0.3, -0.25) is 10.1 Å². The predicted octanol–water partition coefficient (Wildman–Crippen LogP) is 2.41. The highest BCUT2D eigenvalue weighted by Gasteiger charge is 2.16. The summed E-state index contributed by atoms with van der Waals surface area (Å²) in [5.74, 6) is -2.20. The molecule has 0 atom stereocenters. The van der Waals surface area contributed by atoms with Crippen LogP contribution in [0.25, 0.3) is 6.08 Å². The van der Waals surface area contributed by atoms with Crippen LogP contribution in [-0.4, -0.2) is 4.92 Å². The molecule has 0 saturated carbocycles. The highest BCUT2D eigenvalue weighted by atomic mass is 19.1. The van der Waals surface area contributed by atoms with E-state index >= 15 is 0 Å². The zero-order chi connectivity index (χ0) is 11.4. The van der Waals surface area contributed by atoms with Crippen LogP contribution in [-0.2, 0) is 0 Å². The molecule has 0 radical (unpaired) electrons. The first kappa shape index (κ1) is 10.8. The molecule has 0 N–H and O–H groups in total. The molecule has 0 aliphatic heterocycles. The SMILES string of the molecule is N#CC=Cc1cc([N+](=O)[O-])c(F)cc1F. The molecule has 0 amide bonds. The zero-order valence-electron chi connectivity index (χ0n) is 7.28. The minimum absolute atomic E-state index is 0.204. The van der Waals surface area contributed by atoms with Gasteiger partial charge in [-0.05, 0) is 6.08 Å². The van der Waals surface area contributed by atoms with Crippen molar-refractivity contribution in [3.63, 3.8) is 0 Å². The molecule has 0 heterocycles. The molecule has 0 spiro atoms. The summed E-state index contributed by atoms with van der Waals surface area (Å²) in [7, 11) is 0. The Labute approximate surface area is 83.2 Å². The number of benzene rings is 1. The normalized spacial score (nSPS) is 10.2. The number of rotatable bonds is 2. The quantitative estimate of drug-likeness (QED) is 0.427. The maximum Gasteiger partial charge on any atom is 0.305 e. The van der Waals surface area contributed by atoms with E-state index in [0.29, 0.717) is 6.07 Å². The third-order valence-corrected chi connectivity index (χ3v) is 1.60. The molecule has 0 aliphatic rings. The molecule has 0 aromatic heterocycles. The van der Waals surface area contributed by atoms with Crippen LogP contribution in [0.15, 0.2) is 18.2 Å². The first-order valence-electron chi connectivity index (χ1n) is 3.76. The van der Waals surface area contributed by atoms with Crippen molar-refractivity contribution in [1.82, 2.24) is 0 Å². The van der Waals surface area contributed by atoms with Gasteiger partial charge in [-0.1, -0.05) is 0 Å². The topological polar surface area (TPSA) is 66.9 Å². The van der Waals surface area contributed by atoms with Crippen LogP contribution in [0.2, 0.25) is 0 Å². The van der Waals surface area contributed by atoms with Crippen LogP contribution < -0.4 is 0 Å². The molecule has 0 unspecified atom stereocenters. The van der Waals surface area contributed by atoms with E-state index in [1.165, 1.54) is 0 Å². The Morgan fingerprint density at radius 2 is 2.07 bits per heavy atom. The summed E-state index contributed by atoms with van der Waals surface area (Å²) in [6.07, 6.45) is 1.97. The van der Waals surface area contributed by atoms with Gasteiger partial charge in [0.2, 0.25) is 5.82 Å². The number of nitro benzene ring substituents is 1. The fourth-order valence-corrected chi connectivity index (χ4v) is 0.948. The van der Waals surface area contributed by atoms with Crippen LogP contribution in [0.5, 0.6) is 0 Å². The van der Waals surface area contributed by atoms with Crippen molar-refractivity contribution < 1.29 is 13.7 Å². The van der Waals surface area contributed by atoms with Gasteiger partial charge in [-0.25, -0.2) is 4.39 Å². The Morgan fingerprint density at radius 3 is 2.60 bits per heavy atom. The standard InChI is InChI=1S/C9H4F2N2O2/c10-7-5-8(11)9(13(14)15)4-6(7)2-1-3-12/h1-2,4-5H. The van der Waals surface area contributed by atoms with Crippen molar-refractivity contribution in [2.45, 2.75) is 0 Å². The smallest absolute Gasteiger partial charge is 0.258 e. The molecule has 0 bridgehead atoms. The molecule has 15 heavy (non-hydrogen) atoms. The first-order chi connectivity index (χ1) is 7.06. The van der Waals surface area contributed by atoms with E-state index in [0.717, 1.165) is 18.2 Å². The lowest BCUT2D eigenvalue weighted by atomic mass is 10.1. The molecule has 4 nitrogen and oxygen atoms in total. The second kappa shape index (κ2) is 4.28. The third kappa shape index (κ3) is 2.34. The fraction of sp³-hybridized carbons (Fsp3) is 0. The molecule has 76 valence electrons. The highest BCUT2D eigenvalue weighted by Crippen LogP contribution is 2.22. The van der Waals surface area contributed by atoms with E-state index in [2.05, 4.69) is 0 Å². The summed E-state index contributed by atoms with van der Waals surface area (Å²) in [6.45, 7) is 0. The van der Waals surface area contributed by atoms with Crippen molar-refractivity contribution >= 4 is 11.8 Å². The summed E-state index contributed by atoms with van der Waals surface area (Å²) in [5.41, 5.74) is -1.03. The van der Waals surface area contributed by atoms with Crippen molar-refractivity contribution in [1.29, 1.82) is 5.26 Å². The number of hydrogen-bond donors (Lipinski definition) is 0. The van der Waals surface area contributed by atoms with E-state index in [1.54, 1.807) is 6.07 Å². The summed E-state index contributed by atoms with van der Waals surface area (Å²) in [5, 5.41) is 18.5. The van der Waals surface area contributed by atoms with E-state index in [4.69, 9.17) is 5.26 Å². The Bertz CT molecular complexity index is 478. The molecule has 0 fully saturated rings. The molecular weight excluding hydrogens is 206 g/mol. The average Bonchev–Trinajstić information content (AvgIpc) is 2.16. The Hall–Kier alpha value is -2.29. The lowest BCUT2D eigenvalue weighted by Crippen LogP contribution is -1.95. The van der Waals surface area contributed by atoms with E-state index in [1.807, 2.05) is 0 Å². The fourth-order valence-electron chi connectivity index (χ4n) is 0.948. The van der Waals surface area contributed by atoms with Crippen LogP contribution >= 0.6 is 0 Å². The number of halogens is 2.